The zero-order valence-corrected chi connectivity index (χ0v) is 12.6. The van der Waals surface area contributed by atoms with Crippen LogP contribution in [-0.2, 0) is 4.79 Å². The Balaban J connectivity index is 1.67. The number of amides is 2. The van der Waals surface area contributed by atoms with Gasteiger partial charge in [0.05, 0.1) is 17.2 Å². The van der Waals surface area contributed by atoms with Crippen LogP contribution in [0.1, 0.15) is 36.0 Å². The molecule has 2 amide bonds. The van der Waals surface area contributed by atoms with E-state index in [9.17, 15) is 9.59 Å². The second-order valence-electron chi connectivity index (χ2n) is 6.23. The van der Waals surface area contributed by atoms with Gasteiger partial charge in [0.1, 0.15) is 0 Å². The van der Waals surface area contributed by atoms with E-state index in [1.807, 2.05) is 0 Å². The highest BCUT2D eigenvalue weighted by Gasteiger charge is 2.29. The number of hydrogen-bond acceptors (Lipinski definition) is 4. The van der Waals surface area contributed by atoms with Gasteiger partial charge in [-0.3, -0.25) is 14.6 Å². The number of aromatic nitrogens is 1. The van der Waals surface area contributed by atoms with Gasteiger partial charge in [0.25, 0.3) is 5.91 Å². The molecule has 3 rings (SSSR count). The van der Waals surface area contributed by atoms with E-state index in [1.165, 1.54) is 19.0 Å². The lowest BCUT2D eigenvalue weighted by atomic mass is 9.96. The summed E-state index contributed by atoms with van der Waals surface area (Å²) < 4.78 is 0. The van der Waals surface area contributed by atoms with E-state index >= 15 is 0 Å². The number of carbonyl (C=O) groups excluding carboxylic acids is 2. The van der Waals surface area contributed by atoms with Crippen LogP contribution >= 0.6 is 0 Å². The first-order valence-electron chi connectivity index (χ1n) is 7.91. The van der Waals surface area contributed by atoms with Crippen molar-refractivity contribution in [2.24, 2.45) is 17.6 Å². The van der Waals surface area contributed by atoms with Crippen molar-refractivity contribution in [2.75, 3.05) is 24.5 Å². The summed E-state index contributed by atoms with van der Waals surface area (Å²) in [5.74, 6) is 0.307. The average Bonchev–Trinajstić information content (AvgIpc) is 3.37. The number of nitrogens with one attached hydrogen (secondary N) is 1. The van der Waals surface area contributed by atoms with E-state index in [0.29, 0.717) is 18.0 Å². The Bertz CT molecular complexity index is 571. The highest BCUT2D eigenvalue weighted by atomic mass is 16.2. The van der Waals surface area contributed by atoms with Gasteiger partial charge in [-0.25, -0.2) is 0 Å². The Hall–Kier alpha value is -2.11. The molecule has 1 saturated heterocycles. The number of primary amides is 1. The van der Waals surface area contributed by atoms with Gasteiger partial charge in [-0.05, 0) is 37.7 Å². The van der Waals surface area contributed by atoms with Crippen LogP contribution < -0.4 is 16.0 Å². The van der Waals surface area contributed by atoms with Crippen molar-refractivity contribution in [3.8, 4) is 0 Å². The molecule has 1 aliphatic heterocycles. The SMILES string of the molecule is NC(=O)c1cnccc1N1CCCC(C(=O)NCC2CC2)C1. The van der Waals surface area contributed by atoms with Gasteiger partial charge < -0.3 is 16.0 Å². The highest BCUT2D eigenvalue weighted by Crippen LogP contribution is 2.28. The van der Waals surface area contributed by atoms with E-state index in [2.05, 4.69) is 15.2 Å². The molecule has 1 unspecified atom stereocenters. The maximum Gasteiger partial charge on any atom is 0.252 e. The van der Waals surface area contributed by atoms with Crippen LogP contribution in [0.15, 0.2) is 18.5 Å². The van der Waals surface area contributed by atoms with Crippen LogP contribution in [0.4, 0.5) is 5.69 Å². The first-order valence-corrected chi connectivity index (χ1v) is 7.91. The van der Waals surface area contributed by atoms with Gasteiger partial charge >= 0.3 is 0 Å². The third kappa shape index (κ3) is 3.37. The lowest BCUT2D eigenvalue weighted by Crippen LogP contribution is -2.44. The summed E-state index contributed by atoms with van der Waals surface area (Å²) in [6.45, 7) is 2.26. The van der Waals surface area contributed by atoms with Crippen LogP contribution in [0, 0.1) is 11.8 Å². The van der Waals surface area contributed by atoms with Crippen LogP contribution in [0.25, 0.3) is 0 Å². The minimum absolute atomic E-state index is 0.0265. The van der Waals surface area contributed by atoms with Gasteiger partial charge in [-0.15, -0.1) is 0 Å². The van der Waals surface area contributed by atoms with Crippen LogP contribution in [0.2, 0.25) is 0 Å². The van der Waals surface area contributed by atoms with Crippen molar-refractivity contribution in [1.29, 1.82) is 0 Å². The second kappa shape index (κ2) is 6.34. The minimum Gasteiger partial charge on any atom is -0.370 e. The number of nitrogens with zero attached hydrogens (tertiary/aromatic N) is 2. The highest BCUT2D eigenvalue weighted by molar-refractivity contribution is 5.98. The monoisotopic (exact) mass is 302 g/mol. The van der Waals surface area contributed by atoms with E-state index in [-0.39, 0.29) is 11.8 Å². The summed E-state index contributed by atoms with van der Waals surface area (Å²) in [4.78, 5) is 29.9. The van der Waals surface area contributed by atoms with Crippen molar-refractivity contribution in [3.63, 3.8) is 0 Å². The molecule has 3 N–H and O–H groups in total. The topological polar surface area (TPSA) is 88.3 Å². The summed E-state index contributed by atoms with van der Waals surface area (Å²) in [7, 11) is 0. The molecule has 118 valence electrons. The Labute approximate surface area is 130 Å². The third-order valence-electron chi connectivity index (χ3n) is 4.46. The summed E-state index contributed by atoms with van der Waals surface area (Å²) in [5.41, 5.74) is 6.62. The Morgan fingerprint density at radius 2 is 2.18 bits per heavy atom. The second-order valence-corrected chi connectivity index (χ2v) is 6.23. The van der Waals surface area contributed by atoms with Gasteiger partial charge in [-0.2, -0.15) is 0 Å². The predicted octanol–water partition coefficient (Wildman–Crippen LogP) is 0.923. The standard InChI is InChI=1S/C16H22N4O2/c17-15(21)13-9-18-6-5-14(13)20-7-1-2-12(10-20)16(22)19-8-11-3-4-11/h5-6,9,11-12H,1-4,7-8,10H2,(H2,17,21)(H,19,22). The van der Waals surface area contributed by atoms with Gasteiger partial charge in [0.2, 0.25) is 5.91 Å². The molecule has 1 atom stereocenters. The number of piperidine rings is 1. The molecule has 1 aromatic heterocycles. The molecule has 1 aliphatic carbocycles. The normalized spacial score (nSPS) is 21.5. The fraction of sp³-hybridized carbons (Fsp3) is 0.562. The molecule has 2 heterocycles. The molecule has 0 bridgehead atoms. The molecule has 2 aliphatic rings. The van der Waals surface area contributed by atoms with E-state index in [4.69, 9.17) is 5.73 Å². The molecule has 6 nitrogen and oxygen atoms in total. The van der Waals surface area contributed by atoms with Crippen molar-refractivity contribution in [3.05, 3.63) is 24.0 Å². The molecule has 1 aromatic rings. The van der Waals surface area contributed by atoms with Crippen LogP contribution in [-0.4, -0.2) is 36.4 Å². The first kappa shape index (κ1) is 14.8. The number of carbonyl (C=O) groups is 2. The maximum absolute atomic E-state index is 12.3. The summed E-state index contributed by atoms with van der Waals surface area (Å²) in [5, 5.41) is 3.05. The number of anilines is 1. The molecule has 2 fully saturated rings. The van der Waals surface area contributed by atoms with E-state index in [0.717, 1.165) is 31.6 Å². The largest absolute Gasteiger partial charge is 0.370 e. The van der Waals surface area contributed by atoms with E-state index < -0.39 is 5.91 Å². The summed E-state index contributed by atoms with van der Waals surface area (Å²) in [6, 6.07) is 1.80. The van der Waals surface area contributed by atoms with Crippen molar-refractivity contribution < 1.29 is 9.59 Å². The Morgan fingerprint density at radius 3 is 2.91 bits per heavy atom. The molecular formula is C16H22N4O2. The van der Waals surface area contributed by atoms with Gasteiger partial charge in [0, 0.05) is 32.0 Å². The van der Waals surface area contributed by atoms with Crippen LogP contribution in [0.3, 0.4) is 0 Å². The molecule has 6 heteroatoms. The smallest absolute Gasteiger partial charge is 0.252 e. The van der Waals surface area contributed by atoms with Crippen molar-refractivity contribution >= 4 is 17.5 Å². The fourth-order valence-electron chi connectivity index (χ4n) is 2.97. The maximum atomic E-state index is 12.3. The molecular weight excluding hydrogens is 280 g/mol. The number of pyridine rings is 1. The zero-order valence-electron chi connectivity index (χ0n) is 12.6. The number of nitrogens with two attached hydrogens (primary N) is 1. The fourth-order valence-corrected chi connectivity index (χ4v) is 2.97. The predicted molar refractivity (Wildman–Crippen MR) is 83.4 cm³/mol. The summed E-state index contributed by atoms with van der Waals surface area (Å²) in [6.07, 6.45) is 7.44. The number of rotatable bonds is 5. The molecule has 0 radical (unpaired) electrons. The number of hydrogen-bond donors (Lipinski definition) is 2. The zero-order chi connectivity index (χ0) is 15.5. The first-order chi connectivity index (χ1) is 10.6. The quantitative estimate of drug-likeness (QED) is 0.846. The lowest BCUT2D eigenvalue weighted by Gasteiger charge is -2.34. The molecule has 1 saturated carbocycles. The van der Waals surface area contributed by atoms with Crippen molar-refractivity contribution in [2.45, 2.75) is 25.7 Å². The third-order valence-corrected chi connectivity index (χ3v) is 4.46. The average molecular weight is 302 g/mol. The van der Waals surface area contributed by atoms with Gasteiger partial charge in [0.15, 0.2) is 0 Å². The summed E-state index contributed by atoms with van der Waals surface area (Å²) >= 11 is 0. The lowest BCUT2D eigenvalue weighted by molar-refractivity contribution is -0.125. The molecule has 22 heavy (non-hydrogen) atoms. The van der Waals surface area contributed by atoms with Crippen molar-refractivity contribution in [1.82, 2.24) is 10.3 Å². The van der Waals surface area contributed by atoms with E-state index in [1.54, 1.807) is 12.3 Å². The molecule has 0 aromatic carbocycles. The minimum atomic E-state index is -0.483. The molecule has 0 spiro atoms. The Kier molecular flexibility index (Phi) is 4.27. The Morgan fingerprint density at radius 1 is 1.36 bits per heavy atom. The van der Waals surface area contributed by atoms with Crippen LogP contribution in [0.5, 0.6) is 0 Å². The van der Waals surface area contributed by atoms with Gasteiger partial charge in [-0.1, -0.05) is 0 Å².